The predicted molar refractivity (Wildman–Crippen MR) is 82.3 cm³/mol. The van der Waals surface area contributed by atoms with Crippen LogP contribution < -0.4 is 0 Å². The van der Waals surface area contributed by atoms with Crippen molar-refractivity contribution in [2.45, 2.75) is 38.3 Å². The minimum Gasteiger partial charge on any atom is -0.185 e. The van der Waals surface area contributed by atoms with Gasteiger partial charge >= 0.3 is 77.0 Å². The number of rotatable bonds is 3. The summed E-state index contributed by atoms with van der Waals surface area (Å²) < 4.78 is 8.04. The summed E-state index contributed by atoms with van der Waals surface area (Å²) in [7, 11) is 2.09. The number of aromatic nitrogens is 2. The van der Waals surface area contributed by atoms with Crippen LogP contribution in [0.5, 0.6) is 0 Å². The Morgan fingerprint density at radius 3 is 2.24 bits per heavy atom. The van der Waals surface area contributed by atoms with Gasteiger partial charge in [0.05, 0.1) is 0 Å². The molecular formula is C11H17I2N3Pt. The summed E-state index contributed by atoms with van der Waals surface area (Å²) in [5.74, 6) is 0.969. The molecule has 2 aliphatic carbocycles. The number of halogens is 2. The van der Waals surface area contributed by atoms with E-state index in [9.17, 15) is 0 Å². The molecule has 0 spiro atoms. The van der Waals surface area contributed by atoms with Gasteiger partial charge in [0, 0.05) is 51.8 Å². The third-order valence-corrected chi connectivity index (χ3v) is 5.96. The van der Waals surface area contributed by atoms with Crippen LogP contribution in [0.15, 0.2) is 12.4 Å². The maximum Gasteiger partial charge on any atom is 0.0311 e. The van der Waals surface area contributed by atoms with Crippen LogP contribution in [0, 0.1) is 9.72 Å². The molecule has 2 fully saturated rings. The Morgan fingerprint density at radius 1 is 1.29 bits per heavy atom. The molecule has 0 unspecified atom stereocenters. The van der Waals surface area contributed by atoms with Gasteiger partial charge < -0.3 is 0 Å². The van der Waals surface area contributed by atoms with Crippen LogP contribution in [-0.2, 0) is 32.9 Å². The third-order valence-electron chi connectivity index (χ3n) is 2.93. The van der Waals surface area contributed by atoms with Crippen LogP contribution in [0.25, 0.3) is 0 Å². The van der Waals surface area contributed by atoms with E-state index in [1.54, 1.807) is 0 Å². The first-order valence-corrected chi connectivity index (χ1v) is 8.92. The van der Waals surface area contributed by atoms with E-state index >= 15 is 0 Å². The summed E-state index contributed by atoms with van der Waals surface area (Å²) in [5.41, 5.74) is 0. The SMILES string of the molecule is Cn1ccn(CC2CC2)[c]1=[Pt].IN(I)C1CC1. The average molecular weight is 640 g/mol. The molecule has 3 nitrogen and oxygen atoms in total. The molecule has 0 bridgehead atoms. The van der Waals surface area contributed by atoms with Gasteiger partial charge in [0.2, 0.25) is 0 Å². The Labute approximate surface area is 141 Å². The molecule has 6 heteroatoms. The van der Waals surface area contributed by atoms with Crippen molar-refractivity contribution in [3.63, 3.8) is 0 Å². The van der Waals surface area contributed by atoms with Crippen molar-refractivity contribution in [2.24, 2.45) is 13.0 Å². The Morgan fingerprint density at radius 2 is 1.94 bits per heavy atom. The molecular weight excluding hydrogens is 623 g/mol. The molecule has 0 aromatic carbocycles. The second-order valence-corrected chi connectivity index (χ2v) is 9.68. The first-order valence-electron chi connectivity index (χ1n) is 5.86. The molecule has 1 aromatic heterocycles. The van der Waals surface area contributed by atoms with E-state index in [-0.39, 0.29) is 0 Å². The van der Waals surface area contributed by atoms with Crippen LogP contribution in [0.2, 0.25) is 0 Å². The van der Waals surface area contributed by atoms with E-state index in [1.165, 1.54) is 36.0 Å². The van der Waals surface area contributed by atoms with Gasteiger partial charge in [-0.15, -0.1) is 0 Å². The van der Waals surface area contributed by atoms with Crippen molar-refractivity contribution < 1.29 is 19.4 Å². The standard InChI is InChI=1S/C8H12N2.C3H5I2N.Pt/c1-9-4-5-10(7-9)6-8-2-3-8;4-6(5)3-1-2-3;/h4-5,8H,2-3,6H2,1H3;3H,1-2H2;. The maximum atomic E-state index is 2.37. The van der Waals surface area contributed by atoms with E-state index in [0.29, 0.717) is 0 Å². The molecule has 0 saturated heterocycles. The smallest absolute Gasteiger partial charge is 0.0311 e. The molecule has 100 valence electrons. The Hall–Kier alpha value is 1.32. The van der Waals surface area contributed by atoms with Crippen LogP contribution in [0.1, 0.15) is 25.7 Å². The minimum absolute atomic E-state index is 0.909. The van der Waals surface area contributed by atoms with Crippen LogP contribution in [0.4, 0.5) is 0 Å². The number of aryl methyl sites for hydroxylation is 1. The van der Waals surface area contributed by atoms with E-state index in [4.69, 9.17) is 0 Å². The third kappa shape index (κ3) is 5.07. The van der Waals surface area contributed by atoms with Gasteiger partial charge in [-0.1, -0.05) is 0 Å². The number of hydrogen-bond acceptors (Lipinski definition) is 1. The molecule has 0 atom stereocenters. The minimum atomic E-state index is 0.909. The molecule has 17 heavy (non-hydrogen) atoms. The zero-order valence-corrected chi connectivity index (χ0v) is 16.3. The molecule has 1 heterocycles. The fraction of sp³-hybridized carbons (Fsp3) is 0.727. The van der Waals surface area contributed by atoms with Gasteiger partial charge in [0.25, 0.3) is 0 Å². The monoisotopic (exact) mass is 640 g/mol. The maximum absolute atomic E-state index is 2.37. The first-order chi connectivity index (χ1) is 8.08. The average Bonchev–Trinajstić information content (AvgIpc) is 3.17. The largest absolute Gasteiger partial charge is 0.185 e. The van der Waals surface area contributed by atoms with Gasteiger partial charge in [-0.3, -0.25) is 0 Å². The Kier molecular flexibility index (Phi) is 5.77. The van der Waals surface area contributed by atoms with E-state index in [0.717, 1.165) is 12.0 Å². The molecule has 0 aliphatic heterocycles. The van der Waals surface area contributed by atoms with Crippen molar-refractivity contribution in [1.82, 2.24) is 10.5 Å². The summed E-state index contributed by atoms with van der Waals surface area (Å²) in [6, 6.07) is 0.909. The van der Waals surface area contributed by atoms with Gasteiger partial charge in [-0.25, -0.2) is 0 Å². The van der Waals surface area contributed by atoms with Crippen molar-refractivity contribution in [3.8, 4) is 0 Å². The van der Waals surface area contributed by atoms with Gasteiger partial charge in [-0.2, -0.15) is 1.33 Å². The molecule has 2 saturated carbocycles. The fourth-order valence-corrected chi connectivity index (χ4v) is 3.14. The Bertz CT molecular complexity index is 419. The molecule has 0 N–H and O–H groups in total. The summed E-state index contributed by atoms with van der Waals surface area (Å²) >= 11 is 7.00. The second-order valence-electron chi connectivity index (χ2n) is 4.74. The van der Waals surface area contributed by atoms with Crippen LogP contribution in [0.3, 0.4) is 0 Å². The predicted octanol–water partition coefficient (Wildman–Crippen LogP) is 3.47. The Balaban J connectivity index is 0.000000153. The first kappa shape index (κ1) is 14.7. The summed E-state index contributed by atoms with van der Waals surface area (Å²) in [4.78, 5) is 0. The van der Waals surface area contributed by atoms with Crippen molar-refractivity contribution >= 4 is 45.7 Å². The van der Waals surface area contributed by atoms with Crippen LogP contribution >= 0.6 is 45.7 Å². The summed E-state index contributed by atoms with van der Waals surface area (Å²) in [6.07, 6.45) is 9.96. The van der Waals surface area contributed by atoms with Crippen molar-refractivity contribution in [2.75, 3.05) is 0 Å². The summed E-state index contributed by atoms with van der Waals surface area (Å²) in [5, 5.41) is 0. The molecule has 1 aromatic rings. The number of imidazole rings is 1. The van der Waals surface area contributed by atoms with Gasteiger partial charge in [-0.05, 0) is 12.8 Å². The molecule has 0 amide bonds. The number of hydrogen-bond donors (Lipinski definition) is 0. The zero-order valence-electron chi connectivity index (χ0n) is 9.76. The number of nitrogens with zero attached hydrogens (tertiary/aromatic N) is 3. The van der Waals surface area contributed by atoms with Crippen LogP contribution in [-0.4, -0.2) is 16.5 Å². The quantitative estimate of drug-likeness (QED) is 0.365. The normalized spacial score (nSPS) is 19.2. The van der Waals surface area contributed by atoms with E-state index in [2.05, 4.69) is 95.0 Å². The van der Waals surface area contributed by atoms with Gasteiger partial charge in [0.15, 0.2) is 0 Å². The van der Waals surface area contributed by atoms with Gasteiger partial charge in [0.1, 0.15) is 0 Å². The second kappa shape index (κ2) is 6.66. The molecule has 0 radical (unpaired) electrons. The fourth-order valence-electron chi connectivity index (χ4n) is 1.48. The van der Waals surface area contributed by atoms with E-state index in [1.807, 2.05) is 0 Å². The topological polar surface area (TPSA) is 13.1 Å². The zero-order chi connectivity index (χ0) is 12.4. The van der Waals surface area contributed by atoms with Crippen molar-refractivity contribution in [3.05, 3.63) is 16.2 Å². The van der Waals surface area contributed by atoms with E-state index < -0.39 is 0 Å². The summed E-state index contributed by atoms with van der Waals surface area (Å²) in [6.45, 7) is 1.22. The van der Waals surface area contributed by atoms with Crippen molar-refractivity contribution in [1.29, 1.82) is 0 Å². The molecule has 2 aliphatic rings. The molecule has 3 rings (SSSR count).